The first-order valence-electron chi connectivity index (χ1n) is 8.92. The molecule has 0 aromatic heterocycles. The molecule has 1 heterocycles. The van der Waals surface area contributed by atoms with Crippen LogP contribution < -0.4 is 5.32 Å². The molecular weight excluding hydrogens is 372 g/mol. The average Bonchev–Trinajstić information content (AvgIpc) is 2.66. The zero-order chi connectivity index (χ0) is 19.9. The minimum absolute atomic E-state index is 0.0141. The van der Waals surface area contributed by atoms with E-state index in [-0.39, 0.29) is 29.5 Å². The number of nitrogens with zero attached hydrogens (tertiary/aromatic N) is 1. The first-order chi connectivity index (χ1) is 12.8. The zero-order valence-corrected chi connectivity index (χ0v) is 16.5. The van der Waals surface area contributed by atoms with Gasteiger partial charge in [0.15, 0.2) is 6.61 Å². The Labute approximate surface area is 159 Å². The first-order valence-corrected chi connectivity index (χ1v) is 10.4. The van der Waals surface area contributed by atoms with Gasteiger partial charge in [-0.3, -0.25) is 4.79 Å². The number of amides is 1. The van der Waals surface area contributed by atoms with Crippen molar-refractivity contribution in [2.24, 2.45) is 5.92 Å². The van der Waals surface area contributed by atoms with E-state index in [0.29, 0.717) is 25.7 Å². The SMILES string of the molecule is CC(C)CCNC(=O)COC(=O)c1cccc(S(=O)(=O)N2CCOCC2)c1. The Morgan fingerprint density at radius 1 is 1.26 bits per heavy atom. The van der Waals surface area contributed by atoms with Crippen molar-refractivity contribution < 1.29 is 27.5 Å². The number of esters is 1. The van der Waals surface area contributed by atoms with E-state index in [2.05, 4.69) is 5.32 Å². The fourth-order valence-corrected chi connectivity index (χ4v) is 3.94. The second-order valence-electron chi connectivity index (χ2n) is 6.65. The zero-order valence-electron chi connectivity index (χ0n) is 15.6. The molecule has 1 aromatic rings. The Kier molecular flexibility index (Phi) is 7.76. The fraction of sp³-hybridized carbons (Fsp3) is 0.556. The molecule has 8 nitrogen and oxygen atoms in total. The van der Waals surface area contributed by atoms with Gasteiger partial charge < -0.3 is 14.8 Å². The standard InChI is InChI=1S/C18H26N2O6S/c1-14(2)6-7-19-17(21)13-26-18(22)15-4-3-5-16(12-15)27(23,24)20-8-10-25-11-9-20/h3-5,12,14H,6-11,13H2,1-2H3,(H,19,21). The molecule has 1 amide bonds. The van der Waals surface area contributed by atoms with Gasteiger partial charge in [-0.15, -0.1) is 0 Å². The summed E-state index contributed by atoms with van der Waals surface area (Å²) in [5.41, 5.74) is 0.0827. The van der Waals surface area contributed by atoms with E-state index >= 15 is 0 Å². The third kappa shape index (κ3) is 6.30. The molecule has 1 N–H and O–H groups in total. The molecular formula is C18H26N2O6S. The van der Waals surface area contributed by atoms with Crippen LogP contribution in [-0.2, 0) is 24.3 Å². The summed E-state index contributed by atoms with van der Waals surface area (Å²) in [6.07, 6.45) is 0.834. The number of carbonyl (C=O) groups is 2. The second-order valence-corrected chi connectivity index (χ2v) is 8.59. The van der Waals surface area contributed by atoms with E-state index < -0.39 is 22.6 Å². The van der Waals surface area contributed by atoms with Crippen LogP contribution in [0.25, 0.3) is 0 Å². The number of hydrogen-bond donors (Lipinski definition) is 1. The first kappa shape index (κ1) is 21.3. The summed E-state index contributed by atoms with van der Waals surface area (Å²) in [6.45, 7) is 5.42. The van der Waals surface area contributed by atoms with E-state index in [9.17, 15) is 18.0 Å². The number of sulfonamides is 1. The monoisotopic (exact) mass is 398 g/mol. The average molecular weight is 398 g/mol. The van der Waals surface area contributed by atoms with Crippen LogP contribution in [0.5, 0.6) is 0 Å². The van der Waals surface area contributed by atoms with Crippen molar-refractivity contribution in [1.29, 1.82) is 0 Å². The van der Waals surface area contributed by atoms with E-state index in [1.165, 1.54) is 28.6 Å². The molecule has 0 unspecified atom stereocenters. The molecule has 0 bridgehead atoms. The molecule has 1 aromatic carbocycles. The van der Waals surface area contributed by atoms with Crippen LogP contribution in [0.15, 0.2) is 29.2 Å². The van der Waals surface area contributed by atoms with Gasteiger partial charge in [0.05, 0.1) is 23.7 Å². The molecule has 1 aliphatic heterocycles. The van der Waals surface area contributed by atoms with Crippen molar-refractivity contribution in [2.45, 2.75) is 25.2 Å². The summed E-state index contributed by atoms with van der Waals surface area (Å²) in [5, 5.41) is 2.67. The number of benzene rings is 1. The van der Waals surface area contributed by atoms with Gasteiger partial charge in [-0.25, -0.2) is 13.2 Å². The van der Waals surface area contributed by atoms with Crippen LogP contribution in [0.4, 0.5) is 0 Å². The Morgan fingerprint density at radius 3 is 2.63 bits per heavy atom. The normalized spacial score (nSPS) is 15.5. The maximum Gasteiger partial charge on any atom is 0.338 e. The molecule has 0 radical (unpaired) electrons. The minimum Gasteiger partial charge on any atom is -0.452 e. The number of ether oxygens (including phenoxy) is 2. The second kappa shape index (κ2) is 9.82. The van der Waals surface area contributed by atoms with E-state index in [1.807, 2.05) is 13.8 Å². The molecule has 0 spiro atoms. The van der Waals surface area contributed by atoms with Gasteiger partial charge in [0.1, 0.15) is 0 Å². The van der Waals surface area contributed by atoms with Crippen molar-refractivity contribution in [3.8, 4) is 0 Å². The van der Waals surface area contributed by atoms with Crippen molar-refractivity contribution in [3.63, 3.8) is 0 Å². The highest BCUT2D eigenvalue weighted by atomic mass is 32.2. The molecule has 1 aliphatic rings. The Morgan fingerprint density at radius 2 is 1.96 bits per heavy atom. The summed E-state index contributed by atoms with van der Waals surface area (Å²) in [5.74, 6) is -0.668. The van der Waals surface area contributed by atoms with Crippen LogP contribution in [0, 0.1) is 5.92 Å². The molecule has 9 heteroatoms. The Hall–Kier alpha value is -1.97. The van der Waals surface area contributed by atoms with Crippen molar-refractivity contribution in [2.75, 3.05) is 39.5 Å². The third-order valence-electron chi connectivity index (χ3n) is 4.06. The predicted octanol–water partition coefficient (Wildman–Crippen LogP) is 1.03. The minimum atomic E-state index is -3.70. The van der Waals surface area contributed by atoms with Crippen LogP contribution in [0.1, 0.15) is 30.6 Å². The van der Waals surface area contributed by atoms with Gasteiger partial charge in [-0.1, -0.05) is 19.9 Å². The van der Waals surface area contributed by atoms with Crippen molar-refractivity contribution in [1.82, 2.24) is 9.62 Å². The van der Waals surface area contributed by atoms with E-state index in [0.717, 1.165) is 6.42 Å². The van der Waals surface area contributed by atoms with Gasteiger partial charge in [0, 0.05) is 19.6 Å². The summed E-state index contributed by atoms with van der Waals surface area (Å²) in [7, 11) is -3.70. The Bertz CT molecular complexity index is 757. The lowest BCUT2D eigenvalue weighted by atomic mass is 10.1. The Balaban J connectivity index is 1.95. The molecule has 1 saturated heterocycles. The van der Waals surface area contributed by atoms with Crippen molar-refractivity contribution >= 4 is 21.9 Å². The van der Waals surface area contributed by atoms with Crippen LogP contribution >= 0.6 is 0 Å². The van der Waals surface area contributed by atoms with Gasteiger partial charge in [-0.05, 0) is 30.5 Å². The summed E-state index contributed by atoms with van der Waals surface area (Å²) in [4.78, 5) is 23.9. The highest BCUT2D eigenvalue weighted by Crippen LogP contribution is 2.18. The smallest absolute Gasteiger partial charge is 0.338 e. The third-order valence-corrected chi connectivity index (χ3v) is 5.95. The largest absolute Gasteiger partial charge is 0.452 e. The van der Waals surface area contributed by atoms with Crippen molar-refractivity contribution in [3.05, 3.63) is 29.8 Å². The molecule has 0 aliphatic carbocycles. The molecule has 0 saturated carbocycles. The lowest BCUT2D eigenvalue weighted by molar-refractivity contribution is -0.124. The number of hydrogen-bond acceptors (Lipinski definition) is 6. The van der Waals surface area contributed by atoms with Gasteiger partial charge in [0.2, 0.25) is 10.0 Å². The molecule has 27 heavy (non-hydrogen) atoms. The lowest BCUT2D eigenvalue weighted by Crippen LogP contribution is -2.40. The van der Waals surface area contributed by atoms with Crippen LogP contribution in [0.3, 0.4) is 0 Å². The molecule has 150 valence electrons. The maximum atomic E-state index is 12.7. The predicted molar refractivity (Wildman–Crippen MR) is 98.8 cm³/mol. The molecule has 0 atom stereocenters. The number of carbonyl (C=O) groups excluding carboxylic acids is 2. The molecule has 1 fully saturated rings. The summed E-state index contributed by atoms with van der Waals surface area (Å²) >= 11 is 0. The summed E-state index contributed by atoms with van der Waals surface area (Å²) in [6, 6.07) is 5.63. The highest BCUT2D eigenvalue weighted by Gasteiger charge is 2.27. The summed E-state index contributed by atoms with van der Waals surface area (Å²) < 4.78 is 36.8. The number of morpholine rings is 1. The number of rotatable bonds is 8. The van der Waals surface area contributed by atoms with Crippen LogP contribution in [0.2, 0.25) is 0 Å². The number of nitrogens with one attached hydrogen (secondary N) is 1. The lowest BCUT2D eigenvalue weighted by Gasteiger charge is -2.26. The van der Waals surface area contributed by atoms with Gasteiger partial charge in [-0.2, -0.15) is 4.31 Å². The van der Waals surface area contributed by atoms with E-state index in [1.54, 1.807) is 0 Å². The van der Waals surface area contributed by atoms with E-state index in [4.69, 9.17) is 9.47 Å². The fourth-order valence-electron chi connectivity index (χ4n) is 2.49. The maximum absolute atomic E-state index is 12.7. The quantitative estimate of drug-likeness (QED) is 0.656. The van der Waals surface area contributed by atoms with Gasteiger partial charge in [0.25, 0.3) is 5.91 Å². The van der Waals surface area contributed by atoms with Crippen LogP contribution in [-0.4, -0.2) is 64.1 Å². The van der Waals surface area contributed by atoms with Gasteiger partial charge >= 0.3 is 5.97 Å². The highest BCUT2D eigenvalue weighted by molar-refractivity contribution is 7.89. The molecule has 2 rings (SSSR count). The topological polar surface area (TPSA) is 102 Å².